The van der Waals surface area contributed by atoms with Gasteiger partial charge in [-0.1, -0.05) is 0 Å². The highest BCUT2D eigenvalue weighted by molar-refractivity contribution is 9.10. The summed E-state index contributed by atoms with van der Waals surface area (Å²) < 4.78 is 6.43. The Labute approximate surface area is 99.4 Å². The van der Waals surface area contributed by atoms with Gasteiger partial charge < -0.3 is 10.1 Å². The molecule has 1 aromatic rings. The first-order valence-electron chi connectivity index (χ1n) is 5.15. The van der Waals surface area contributed by atoms with E-state index in [4.69, 9.17) is 4.74 Å². The first kappa shape index (κ1) is 12.5. The maximum absolute atomic E-state index is 5.43. The number of rotatable bonds is 6. The highest BCUT2D eigenvalue weighted by atomic mass is 79.9. The van der Waals surface area contributed by atoms with Crippen LogP contribution >= 0.6 is 15.9 Å². The average Bonchev–Trinajstić information content (AvgIpc) is 2.20. The van der Waals surface area contributed by atoms with Gasteiger partial charge in [0.25, 0.3) is 0 Å². The molecule has 84 valence electrons. The summed E-state index contributed by atoms with van der Waals surface area (Å²) in [6, 6.07) is 3.92. The largest absolute Gasteiger partial charge is 0.379 e. The van der Waals surface area contributed by atoms with Gasteiger partial charge in [-0.25, -0.2) is 4.98 Å². The van der Waals surface area contributed by atoms with Gasteiger partial charge in [0.2, 0.25) is 0 Å². The molecule has 1 heterocycles. The summed E-state index contributed by atoms with van der Waals surface area (Å²) in [6.45, 7) is 5.77. The topological polar surface area (TPSA) is 34.1 Å². The molecule has 0 atom stereocenters. The van der Waals surface area contributed by atoms with Crippen molar-refractivity contribution in [2.24, 2.45) is 0 Å². The van der Waals surface area contributed by atoms with E-state index in [1.165, 1.54) is 0 Å². The summed E-state index contributed by atoms with van der Waals surface area (Å²) in [6.07, 6.45) is 3.10. The normalized spacial score (nSPS) is 10.7. The molecule has 0 aliphatic heterocycles. The van der Waals surface area contributed by atoms with Crippen molar-refractivity contribution in [2.75, 3.05) is 18.5 Å². The Kier molecular flexibility index (Phi) is 5.65. The summed E-state index contributed by atoms with van der Waals surface area (Å²) in [7, 11) is 0. The number of halogens is 1. The lowest BCUT2D eigenvalue weighted by Gasteiger charge is -2.08. The van der Waals surface area contributed by atoms with Crippen LogP contribution in [0.4, 0.5) is 5.82 Å². The van der Waals surface area contributed by atoms with E-state index in [2.05, 4.69) is 26.2 Å². The first-order valence-corrected chi connectivity index (χ1v) is 5.95. The summed E-state index contributed by atoms with van der Waals surface area (Å²) in [4.78, 5) is 4.21. The molecule has 0 fully saturated rings. The van der Waals surface area contributed by atoms with Crippen LogP contribution in [0.1, 0.15) is 20.3 Å². The fourth-order valence-electron chi connectivity index (χ4n) is 1.09. The zero-order chi connectivity index (χ0) is 11.1. The van der Waals surface area contributed by atoms with E-state index in [0.29, 0.717) is 6.10 Å². The second-order valence-electron chi connectivity index (χ2n) is 3.56. The monoisotopic (exact) mass is 272 g/mol. The number of pyridine rings is 1. The molecule has 0 aliphatic rings. The molecule has 15 heavy (non-hydrogen) atoms. The lowest BCUT2D eigenvalue weighted by atomic mass is 10.4. The van der Waals surface area contributed by atoms with Gasteiger partial charge in [-0.2, -0.15) is 0 Å². The Hall–Kier alpha value is -0.610. The van der Waals surface area contributed by atoms with Crippen LogP contribution in [0.3, 0.4) is 0 Å². The van der Waals surface area contributed by atoms with Crippen molar-refractivity contribution in [3.63, 3.8) is 0 Å². The third kappa shape index (κ3) is 5.74. The predicted molar refractivity (Wildman–Crippen MR) is 66.1 cm³/mol. The van der Waals surface area contributed by atoms with Crippen molar-refractivity contribution in [1.29, 1.82) is 0 Å². The highest BCUT2D eigenvalue weighted by Gasteiger charge is 1.95. The first-order chi connectivity index (χ1) is 7.18. The highest BCUT2D eigenvalue weighted by Crippen LogP contribution is 2.10. The van der Waals surface area contributed by atoms with Gasteiger partial charge >= 0.3 is 0 Å². The van der Waals surface area contributed by atoms with Crippen LogP contribution in [0.2, 0.25) is 0 Å². The molecule has 0 unspecified atom stereocenters. The number of hydrogen-bond acceptors (Lipinski definition) is 3. The number of nitrogens with zero attached hydrogens (tertiary/aromatic N) is 1. The summed E-state index contributed by atoms with van der Waals surface area (Å²) in [5.41, 5.74) is 0. The van der Waals surface area contributed by atoms with Crippen LogP contribution in [0.25, 0.3) is 0 Å². The van der Waals surface area contributed by atoms with Crippen molar-refractivity contribution >= 4 is 21.7 Å². The Morgan fingerprint density at radius 1 is 1.47 bits per heavy atom. The third-order valence-electron chi connectivity index (χ3n) is 1.81. The van der Waals surface area contributed by atoms with E-state index >= 15 is 0 Å². The number of anilines is 1. The molecule has 0 spiro atoms. The Morgan fingerprint density at radius 3 is 2.87 bits per heavy atom. The minimum Gasteiger partial charge on any atom is -0.379 e. The molecular formula is C11H17BrN2O. The van der Waals surface area contributed by atoms with Crippen molar-refractivity contribution in [2.45, 2.75) is 26.4 Å². The van der Waals surface area contributed by atoms with Crippen LogP contribution in [0.15, 0.2) is 22.8 Å². The number of ether oxygens (including phenoxy) is 1. The zero-order valence-electron chi connectivity index (χ0n) is 9.16. The lowest BCUT2D eigenvalue weighted by Crippen LogP contribution is -2.09. The SMILES string of the molecule is CC(C)OCCCNc1ccc(Br)cn1. The fourth-order valence-corrected chi connectivity index (χ4v) is 1.32. The minimum absolute atomic E-state index is 0.316. The van der Waals surface area contributed by atoms with E-state index in [9.17, 15) is 0 Å². The second kappa shape index (κ2) is 6.80. The molecule has 0 radical (unpaired) electrons. The van der Waals surface area contributed by atoms with Crippen LogP contribution in [-0.2, 0) is 4.74 Å². The van der Waals surface area contributed by atoms with Crippen molar-refractivity contribution in [3.05, 3.63) is 22.8 Å². The summed E-state index contributed by atoms with van der Waals surface area (Å²) >= 11 is 3.34. The maximum Gasteiger partial charge on any atom is 0.125 e. The zero-order valence-corrected chi connectivity index (χ0v) is 10.8. The van der Waals surface area contributed by atoms with Crippen LogP contribution < -0.4 is 5.32 Å². The molecular weight excluding hydrogens is 256 g/mol. The number of hydrogen-bond donors (Lipinski definition) is 1. The molecule has 0 bridgehead atoms. The van der Waals surface area contributed by atoms with E-state index in [1.807, 2.05) is 26.0 Å². The lowest BCUT2D eigenvalue weighted by molar-refractivity contribution is 0.0787. The van der Waals surface area contributed by atoms with E-state index in [1.54, 1.807) is 6.20 Å². The van der Waals surface area contributed by atoms with E-state index in [0.717, 1.165) is 29.9 Å². The molecule has 0 saturated carbocycles. The molecule has 1 rings (SSSR count). The van der Waals surface area contributed by atoms with Crippen molar-refractivity contribution in [1.82, 2.24) is 4.98 Å². The van der Waals surface area contributed by atoms with Gasteiger partial charge in [0.1, 0.15) is 5.82 Å². The second-order valence-corrected chi connectivity index (χ2v) is 4.48. The van der Waals surface area contributed by atoms with Crippen LogP contribution in [0.5, 0.6) is 0 Å². The van der Waals surface area contributed by atoms with Crippen molar-refractivity contribution in [3.8, 4) is 0 Å². The molecule has 0 amide bonds. The average molecular weight is 273 g/mol. The van der Waals surface area contributed by atoms with Gasteiger partial charge in [-0.3, -0.25) is 0 Å². The van der Waals surface area contributed by atoms with Gasteiger partial charge in [0, 0.05) is 23.8 Å². The molecule has 0 aromatic carbocycles. The van der Waals surface area contributed by atoms with Crippen molar-refractivity contribution < 1.29 is 4.74 Å². The molecule has 1 N–H and O–H groups in total. The van der Waals surface area contributed by atoms with E-state index in [-0.39, 0.29) is 0 Å². The molecule has 3 nitrogen and oxygen atoms in total. The van der Waals surface area contributed by atoms with Gasteiger partial charge in [0.15, 0.2) is 0 Å². The summed E-state index contributed by atoms with van der Waals surface area (Å²) in [5, 5.41) is 3.23. The van der Waals surface area contributed by atoms with Gasteiger partial charge in [-0.15, -0.1) is 0 Å². The van der Waals surface area contributed by atoms with Crippen LogP contribution in [0, 0.1) is 0 Å². The fraction of sp³-hybridized carbons (Fsp3) is 0.545. The number of aromatic nitrogens is 1. The predicted octanol–water partition coefficient (Wildman–Crippen LogP) is 3.07. The quantitative estimate of drug-likeness (QED) is 0.809. The Bertz CT molecular complexity index is 274. The molecule has 0 aliphatic carbocycles. The Balaban J connectivity index is 2.12. The van der Waals surface area contributed by atoms with E-state index < -0.39 is 0 Å². The summed E-state index contributed by atoms with van der Waals surface area (Å²) in [5.74, 6) is 0.905. The smallest absolute Gasteiger partial charge is 0.125 e. The minimum atomic E-state index is 0.316. The van der Waals surface area contributed by atoms with Gasteiger partial charge in [0.05, 0.1) is 6.10 Å². The maximum atomic E-state index is 5.43. The molecule has 4 heteroatoms. The molecule has 1 aromatic heterocycles. The Morgan fingerprint density at radius 2 is 2.27 bits per heavy atom. The standard InChI is InChI=1S/C11H17BrN2O/c1-9(2)15-7-3-6-13-11-5-4-10(12)8-14-11/h4-5,8-9H,3,6-7H2,1-2H3,(H,13,14). The third-order valence-corrected chi connectivity index (χ3v) is 2.27. The number of nitrogens with one attached hydrogen (secondary N) is 1. The van der Waals surface area contributed by atoms with Gasteiger partial charge in [-0.05, 0) is 48.3 Å². The molecule has 0 saturated heterocycles. The van der Waals surface area contributed by atoms with Crippen LogP contribution in [-0.4, -0.2) is 24.2 Å².